The average Bonchev–Trinajstić information content (AvgIpc) is 3.68. The van der Waals surface area contributed by atoms with Gasteiger partial charge in [0.1, 0.15) is 12.0 Å². The third-order valence-corrected chi connectivity index (χ3v) is 12.2. The molecule has 61 heavy (non-hydrogen) atoms. The van der Waals surface area contributed by atoms with Gasteiger partial charge < -0.3 is 9.88 Å². The SMILES string of the molecule is c1ccc(-c2ccccc2-c2cccc(C3=NC(c4ccc5c6ccccc6c6ccccc6c5c4)NC(c4cccc(-n5c6ccccc6c6ccccc65)c4)=N3)c2)cc1. The van der Waals surface area contributed by atoms with Crippen LogP contribution in [0, 0.1) is 0 Å². The summed E-state index contributed by atoms with van der Waals surface area (Å²) >= 11 is 0. The molecule has 1 aliphatic rings. The zero-order valence-corrected chi connectivity index (χ0v) is 33.2. The quantitative estimate of drug-likeness (QED) is 0.168. The van der Waals surface area contributed by atoms with Crippen LogP contribution >= 0.6 is 0 Å². The third-order valence-electron chi connectivity index (χ3n) is 12.2. The molecule has 4 nitrogen and oxygen atoms in total. The van der Waals surface area contributed by atoms with E-state index in [-0.39, 0.29) is 0 Å². The summed E-state index contributed by atoms with van der Waals surface area (Å²) in [6.07, 6.45) is -0.394. The Balaban J connectivity index is 1.03. The van der Waals surface area contributed by atoms with Crippen molar-refractivity contribution in [3.8, 4) is 27.9 Å². The van der Waals surface area contributed by atoms with Gasteiger partial charge in [-0.25, -0.2) is 9.98 Å². The molecule has 1 N–H and O–H groups in total. The van der Waals surface area contributed by atoms with Crippen LogP contribution in [-0.4, -0.2) is 16.2 Å². The molecule has 0 radical (unpaired) electrons. The van der Waals surface area contributed by atoms with Gasteiger partial charge in [-0.2, -0.15) is 0 Å². The van der Waals surface area contributed by atoms with E-state index in [0.29, 0.717) is 5.84 Å². The maximum atomic E-state index is 5.43. The minimum absolute atomic E-state index is 0.394. The van der Waals surface area contributed by atoms with Crippen LogP contribution in [0.2, 0.25) is 0 Å². The van der Waals surface area contributed by atoms with Crippen LogP contribution in [0.25, 0.3) is 82.1 Å². The van der Waals surface area contributed by atoms with Gasteiger partial charge in [-0.15, -0.1) is 0 Å². The number of para-hydroxylation sites is 2. The van der Waals surface area contributed by atoms with E-state index in [0.717, 1.165) is 33.8 Å². The summed E-state index contributed by atoms with van der Waals surface area (Å²) in [6.45, 7) is 0. The summed E-state index contributed by atoms with van der Waals surface area (Å²) in [4.78, 5) is 10.8. The summed E-state index contributed by atoms with van der Waals surface area (Å²) in [5.74, 6) is 1.46. The second-order valence-electron chi connectivity index (χ2n) is 15.8. The van der Waals surface area contributed by atoms with E-state index in [2.05, 4.69) is 228 Å². The van der Waals surface area contributed by atoms with Crippen molar-refractivity contribution in [1.29, 1.82) is 0 Å². The van der Waals surface area contributed by atoms with E-state index in [9.17, 15) is 0 Å². The molecule has 0 amide bonds. The highest BCUT2D eigenvalue weighted by Crippen LogP contribution is 2.38. The third kappa shape index (κ3) is 5.91. The first-order chi connectivity index (χ1) is 30.2. The van der Waals surface area contributed by atoms with Gasteiger partial charge in [0.15, 0.2) is 5.84 Å². The Kier molecular flexibility index (Phi) is 8.20. The summed E-state index contributed by atoms with van der Waals surface area (Å²) in [5.41, 5.74) is 11.1. The Morgan fingerprint density at radius 3 is 1.56 bits per heavy atom. The van der Waals surface area contributed by atoms with E-state index < -0.39 is 6.17 Å². The van der Waals surface area contributed by atoms with Crippen LogP contribution in [0.15, 0.2) is 228 Å². The maximum Gasteiger partial charge on any atom is 0.159 e. The highest BCUT2D eigenvalue weighted by Gasteiger charge is 2.23. The molecule has 1 aromatic heterocycles. The van der Waals surface area contributed by atoms with Gasteiger partial charge in [-0.3, -0.25) is 0 Å². The van der Waals surface area contributed by atoms with Gasteiger partial charge in [0.2, 0.25) is 0 Å². The van der Waals surface area contributed by atoms with Crippen LogP contribution in [-0.2, 0) is 0 Å². The minimum atomic E-state index is -0.394. The predicted molar refractivity (Wildman–Crippen MR) is 256 cm³/mol. The topological polar surface area (TPSA) is 41.7 Å². The highest BCUT2D eigenvalue weighted by atomic mass is 15.2. The zero-order valence-electron chi connectivity index (χ0n) is 33.2. The molecule has 1 unspecified atom stereocenters. The normalized spacial score (nSPS) is 14.1. The smallest absolute Gasteiger partial charge is 0.159 e. The summed E-state index contributed by atoms with van der Waals surface area (Å²) in [7, 11) is 0. The molecule has 286 valence electrons. The van der Waals surface area contributed by atoms with E-state index in [1.807, 2.05) is 0 Å². The molecule has 0 bridgehead atoms. The van der Waals surface area contributed by atoms with Crippen LogP contribution in [0.4, 0.5) is 0 Å². The Labute approximate surface area is 353 Å². The predicted octanol–water partition coefficient (Wildman–Crippen LogP) is 14.1. The molecule has 12 rings (SSSR count). The molecule has 0 saturated carbocycles. The fourth-order valence-corrected chi connectivity index (χ4v) is 9.41. The lowest BCUT2D eigenvalue weighted by Crippen LogP contribution is -2.33. The second kappa shape index (κ2) is 14.3. The Morgan fingerprint density at radius 1 is 0.361 bits per heavy atom. The second-order valence-corrected chi connectivity index (χ2v) is 15.8. The minimum Gasteiger partial charge on any atom is -0.344 e. The zero-order chi connectivity index (χ0) is 40.3. The number of hydrogen-bond donors (Lipinski definition) is 1. The molecule has 4 heteroatoms. The van der Waals surface area contributed by atoms with Crippen molar-refractivity contribution in [3.63, 3.8) is 0 Å². The molecular weight excluding hydrogens is 741 g/mol. The summed E-state index contributed by atoms with van der Waals surface area (Å²) < 4.78 is 2.36. The van der Waals surface area contributed by atoms with Crippen molar-refractivity contribution >= 4 is 65.8 Å². The van der Waals surface area contributed by atoms with E-state index >= 15 is 0 Å². The van der Waals surface area contributed by atoms with Crippen molar-refractivity contribution in [3.05, 3.63) is 235 Å². The first kappa shape index (κ1) is 34.9. The van der Waals surface area contributed by atoms with Crippen molar-refractivity contribution in [2.45, 2.75) is 6.17 Å². The Hall–Kier alpha value is -8.08. The molecule has 1 atom stereocenters. The van der Waals surface area contributed by atoms with Crippen LogP contribution in [0.5, 0.6) is 0 Å². The molecule has 1 aliphatic heterocycles. The largest absolute Gasteiger partial charge is 0.344 e. The number of nitrogens with one attached hydrogen (secondary N) is 1. The number of aromatic nitrogens is 1. The molecule has 11 aromatic rings. The molecular formula is C57H38N4. The van der Waals surface area contributed by atoms with E-state index in [1.165, 1.54) is 70.8 Å². The number of fused-ring (bicyclic) bond motifs is 9. The highest BCUT2D eigenvalue weighted by molar-refractivity contribution is 6.25. The average molecular weight is 779 g/mol. The number of rotatable bonds is 6. The summed E-state index contributed by atoms with van der Waals surface area (Å²) in [5, 5.41) is 13.7. The van der Waals surface area contributed by atoms with E-state index in [4.69, 9.17) is 9.98 Å². The monoisotopic (exact) mass is 778 g/mol. The standard InChI is InChI=1S/C57H38N4/c1-2-16-37(17-3-1)43-22-4-5-23-44(43)38-18-14-19-39(34-38)55-58-56(40-20-15-21-42(35-40)61-53-30-12-10-28-50(53)51-29-11-13-31-54(51)61)60-57(59-55)41-32-33-49-47-26-7-6-24-45(47)46-25-8-9-27-48(46)52(49)36-41/h1-36,57H,(H,58,59,60). The fourth-order valence-electron chi connectivity index (χ4n) is 9.41. The van der Waals surface area contributed by atoms with Gasteiger partial charge in [0.05, 0.1) is 11.0 Å². The molecule has 0 aliphatic carbocycles. The van der Waals surface area contributed by atoms with Crippen LogP contribution in [0.1, 0.15) is 22.9 Å². The lowest BCUT2D eigenvalue weighted by molar-refractivity contribution is 0.675. The first-order valence-electron chi connectivity index (χ1n) is 20.9. The van der Waals surface area contributed by atoms with Crippen molar-refractivity contribution in [1.82, 2.24) is 9.88 Å². The fraction of sp³-hybridized carbons (Fsp3) is 0.0175. The maximum absolute atomic E-state index is 5.43. The summed E-state index contributed by atoms with van der Waals surface area (Å²) in [6, 6.07) is 78.2. The van der Waals surface area contributed by atoms with E-state index in [1.54, 1.807) is 0 Å². The number of nitrogens with zero attached hydrogens (tertiary/aromatic N) is 3. The van der Waals surface area contributed by atoms with Crippen LogP contribution in [0.3, 0.4) is 0 Å². The number of amidine groups is 2. The van der Waals surface area contributed by atoms with Crippen molar-refractivity contribution in [2.24, 2.45) is 9.98 Å². The van der Waals surface area contributed by atoms with Gasteiger partial charge in [0.25, 0.3) is 0 Å². The Morgan fingerprint density at radius 2 is 0.869 bits per heavy atom. The Bertz CT molecular complexity index is 3490. The lowest BCUT2D eigenvalue weighted by atomic mass is 9.92. The number of benzene rings is 10. The van der Waals surface area contributed by atoms with Gasteiger partial charge in [-0.1, -0.05) is 182 Å². The van der Waals surface area contributed by atoms with Crippen molar-refractivity contribution in [2.75, 3.05) is 0 Å². The number of hydrogen-bond acceptors (Lipinski definition) is 3. The molecule has 10 aromatic carbocycles. The van der Waals surface area contributed by atoms with Gasteiger partial charge >= 0.3 is 0 Å². The number of aliphatic imine (C=N–C) groups is 2. The molecule has 0 saturated heterocycles. The van der Waals surface area contributed by atoms with Crippen LogP contribution < -0.4 is 5.32 Å². The lowest BCUT2D eigenvalue weighted by Gasteiger charge is -2.25. The molecule has 2 heterocycles. The van der Waals surface area contributed by atoms with Crippen molar-refractivity contribution < 1.29 is 0 Å². The molecule has 0 spiro atoms. The molecule has 0 fully saturated rings. The van der Waals surface area contributed by atoms with Gasteiger partial charge in [0, 0.05) is 27.6 Å². The van der Waals surface area contributed by atoms with Gasteiger partial charge in [-0.05, 0) is 96.5 Å². The first-order valence-corrected chi connectivity index (χ1v) is 20.9.